The zero-order valence-corrected chi connectivity index (χ0v) is 10.4. The molecule has 2 rings (SSSR count). The first-order chi connectivity index (χ1) is 5.77. The largest absolute Gasteiger partial charge is 0.464 e. The molecule has 0 radical (unpaired) electrons. The molecule has 0 fully saturated rings. The topological polar surface area (TPSA) is 13.1 Å². The predicted molar refractivity (Wildman–Crippen MR) is 49.7 cm³/mol. The van der Waals surface area contributed by atoms with Crippen molar-refractivity contribution in [2.24, 2.45) is 0 Å². The second kappa shape index (κ2) is 4.24. The van der Waals surface area contributed by atoms with Gasteiger partial charge in [-0.05, 0) is 32.4 Å². The van der Waals surface area contributed by atoms with Gasteiger partial charge in [0, 0.05) is 31.8 Å². The van der Waals surface area contributed by atoms with Gasteiger partial charge in [0.05, 0.1) is 6.26 Å². The van der Waals surface area contributed by atoms with Crippen LogP contribution in [-0.2, 0) is 26.2 Å². The van der Waals surface area contributed by atoms with Gasteiger partial charge in [-0.1, -0.05) is 17.2 Å². The van der Waals surface area contributed by atoms with Crippen molar-refractivity contribution in [3.05, 3.63) is 41.4 Å². The van der Waals surface area contributed by atoms with E-state index in [9.17, 15) is 0 Å². The summed E-state index contributed by atoms with van der Waals surface area (Å²) in [6.45, 7) is 4.31. The summed E-state index contributed by atoms with van der Waals surface area (Å²) in [5.74, 6) is 0.990. The molecule has 1 nitrogen and oxygen atoms in total. The van der Waals surface area contributed by atoms with E-state index in [-0.39, 0.29) is 26.2 Å². The Hall–Kier alpha value is -0.357. The van der Waals surface area contributed by atoms with Gasteiger partial charge in [-0.2, -0.15) is 0 Å². The van der Waals surface area contributed by atoms with Crippen LogP contribution in [0.15, 0.2) is 40.0 Å². The van der Waals surface area contributed by atoms with E-state index in [4.69, 9.17) is 4.42 Å². The van der Waals surface area contributed by atoms with Gasteiger partial charge in [0.2, 0.25) is 0 Å². The maximum Gasteiger partial charge on any atom is 0.133 e. The third-order valence-corrected chi connectivity index (χ3v) is 2.18. The molecule has 0 aromatic carbocycles. The van der Waals surface area contributed by atoms with Gasteiger partial charge in [0.1, 0.15) is 5.76 Å². The molecular weight excluding hydrogens is 239 g/mol. The van der Waals surface area contributed by atoms with E-state index in [1.54, 1.807) is 6.26 Å². The molecule has 1 aromatic rings. The van der Waals surface area contributed by atoms with Crippen LogP contribution in [0.25, 0.3) is 5.57 Å². The molecule has 0 saturated heterocycles. The number of furan rings is 1. The summed E-state index contributed by atoms with van der Waals surface area (Å²) in [6, 6.07) is 3.94. The summed E-state index contributed by atoms with van der Waals surface area (Å²) >= 11 is 0. The first kappa shape index (κ1) is 10.7. The van der Waals surface area contributed by atoms with Crippen molar-refractivity contribution in [2.75, 3.05) is 0 Å². The number of allylic oxidation sites excluding steroid dienone is 4. The van der Waals surface area contributed by atoms with Crippen LogP contribution in [0, 0.1) is 0 Å². The van der Waals surface area contributed by atoms with Crippen LogP contribution in [0.3, 0.4) is 0 Å². The molecule has 0 unspecified atom stereocenters. The third-order valence-electron chi connectivity index (χ3n) is 2.18. The number of hydrogen-bond donors (Lipinski definition) is 0. The molecule has 0 amide bonds. The Labute approximate surface area is 97.6 Å². The van der Waals surface area contributed by atoms with Crippen LogP contribution >= 0.6 is 0 Å². The first-order valence-electron chi connectivity index (χ1n) is 4.18. The maximum absolute atomic E-state index is 5.33. The first-order valence-corrected chi connectivity index (χ1v) is 4.18. The molecule has 0 bridgehead atoms. The van der Waals surface area contributed by atoms with Gasteiger partial charge in [0.15, 0.2) is 0 Å². The van der Waals surface area contributed by atoms with Crippen molar-refractivity contribution in [2.45, 2.75) is 20.3 Å². The van der Waals surface area contributed by atoms with Gasteiger partial charge in [-0.25, -0.2) is 0 Å². The van der Waals surface area contributed by atoms with E-state index in [1.165, 1.54) is 16.7 Å². The minimum Gasteiger partial charge on any atom is -0.464 e. The van der Waals surface area contributed by atoms with E-state index in [0.717, 1.165) is 12.2 Å². The Morgan fingerprint density at radius 3 is 2.54 bits per heavy atom. The zero-order chi connectivity index (χ0) is 8.55. The standard InChI is InChI=1S/C11H12O.Zr/c1-8-6-9(2)10(7-8)11-4-3-5-12-11;/h3-5,7H,6H2,1-2H3;. The second-order valence-corrected chi connectivity index (χ2v) is 3.34. The van der Waals surface area contributed by atoms with Gasteiger partial charge in [-0.15, -0.1) is 0 Å². The van der Waals surface area contributed by atoms with Crippen LogP contribution in [0.1, 0.15) is 26.0 Å². The summed E-state index contributed by atoms with van der Waals surface area (Å²) in [6.07, 6.45) is 5.02. The van der Waals surface area contributed by atoms with Crippen molar-refractivity contribution >= 4 is 5.57 Å². The van der Waals surface area contributed by atoms with Crippen LogP contribution in [0.4, 0.5) is 0 Å². The molecule has 1 aliphatic carbocycles. The Morgan fingerprint density at radius 2 is 2.08 bits per heavy atom. The Balaban J connectivity index is 0.000000845. The fraction of sp³-hybridized carbons (Fsp3) is 0.273. The molecule has 0 atom stereocenters. The minimum atomic E-state index is 0. The SMILES string of the molecule is CC1=CC(c2ccco2)=C(C)C1.[Zr]. The fourth-order valence-electron chi connectivity index (χ4n) is 1.65. The Bertz CT molecular complexity index is 344. The molecule has 66 valence electrons. The summed E-state index contributed by atoms with van der Waals surface area (Å²) in [4.78, 5) is 0. The smallest absolute Gasteiger partial charge is 0.133 e. The molecule has 0 N–H and O–H groups in total. The van der Waals surface area contributed by atoms with E-state index in [0.29, 0.717) is 0 Å². The van der Waals surface area contributed by atoms with E-state index >= 15 is 0 Å². The molecule has 1 aromatic heterocycles. The Kier molecular flexibility index (Phi) is 3.49. The molecule has 0 saturated carbocycles. The summed E-state index contributed by atoms with van der Waals surface area (Å²) < 4.78 is 5.33. The van der Waals surface area contributed by atoms with Crippen LogP contribution < -0.4 is 0 Å². The van der Waals surface area contributed by atoms with Crippen LogP contribution in [0.5, 0.6) is 0 Å². The van der Waals surface area contributed by atoms with Crippen molar-refractivity contribution in [1.82, 2.24) is 0 Å². The van der Waals surface area contributed by atoms with Crippen LogP contribution in [0.2, 0.25) is 0 Å². The van der Waals surface area contributed by atoms with E-state index in [1.807, 2.05) is 12.1 Å². The molecule has 0 aliphatic heterocycles. The molecule has 1 aliphatic rings. The third kappa shape index (κ3) is 2.11. The van der Waals surface area contributed by atoms with Gasteiger partial charge in [-0.3, -0.25) is 0 Å². The number of rotatable bonds is 1. The fourth-order valence-corrected chi connectivity index (χ4v) is 1.65. The maximum atomic E-state index is 5.33. The van der Waals surface area contributed by atoms with Gasteiger partial charge < -0.3 is 4.42 Å². The molecule has 13 heavy (non-hydrogen) atoms. The average molecular weight is 251 g/mol. The molecule has 0 spiro atoms. The van der Waals surface area contributed by atoms with Crippen molar-refractivity contribution in [1.29, 1.82) is 0 Å². The second-order valence-electron chi connectivity index (χ2n) is 3.34. The van der Waals surface area contributed by atoms with Gasteiger partial charge in [0.25, 0.3) is 0 Å². The quantitative estimate of drug-likeness (QED) is 0.745. The van der Waals surface area contributed by atoms with E-state index in [2.05, 4.69) is 19.9 Å². The summed E-state index contributed by atoms with van der Waals surface area (Å²) in [5, 5.41) is 0. The predicted octanol–water partition coefficient (Wildman–Crippen LogP) is 3.40. The monoisotopic (exact) mass is 250 g/mol. The average Bonchev–Trinajstić information content (AvgIpc) is 2.58. The minimum absolute atomic E-state index is 0. The molecule has 1 heterocycles. The van der Waals surface area contributed by atoms with Crippen molar-refractivity contribution in [3.8, 4) is 0 Å². The number of hydrogen-bond acceptors (Lipinski definition) is 1. The Morgan fingerprint density at radius 1 is 1.31 bits per heavy atom. The summed E-state index contributed by atoms with van der Waals surface area (Å²) in [7, 11) is 0. The molecular formula is C11H12OZr. The zero-order valence-electron chi connectivity index (χ0n) is 7.92. The van der Waals surface area contributed by atoms with Crippen molar-refractivity contribution in [3.63, 3.8) is 0 Å². The normalized spacial score (nSPS) is 15.7. The van der Waals surface area contributed by atoms with Crippen LogP contribution in [-0.4, -0.2) is 0 Å². The van der Waals surface area contributed by atoms with Gasteiger partial charge >= 0.3 is 0 Å². The summed E-state index contributed by atoms with van der Waals surface area (Å²) in [5.41, 5.74) is 4.08. The molecule has 2 heteroatoms. The van der Waals surface area contributed by atoms with Crippen molar-refractivity contribution < 1.29 is 30.6 Å². The van der Waals surface area contributed by atoms with E-state index < -0.39 is 0 Å².